The lowest BCUT2D eigenvalue weighted by atomic mass is 9.87. The monoisotopic (exact) mass is 684 g/mol. The van der Waals surface area contributed by atoms with E-state index < -0.39 is 11.8 Å². The van der Waals surface area contributed by atoms with Crippen molar-refractivity contribution in [1.29, 1.82) is 0 Å². The summed E-state index contributed by atoms with van der Waals surface area (Å²) in [4.78, 5) is 44.1. The Bertz CT molecular complexity index is 1620. The number of nitrogens with one attached hydrogen (secondary N) is 1. The molecule has 0 bridgehead atoms. The van der Waals surface area contributed by atoms with Crippen molar-refractivity contribution < 1.29 is 29.0 Å². The molecule has 1 aliphatic carbocycles. The van der Waals surface area contributed by atoms with Gasteiger partial charge in [-0.05, 0) is 68.7 Å². The molecule has 0 spiro atoms. The highest BCUT2D eigenvalue weighted by molar-refractivity contribution is 6.36. The zero-order valence-electron chi connectivity index (χ0n) is 26.7. The molecule has 1 unspecified atom stereocenters. The average Bonchev–Trinajstić information content (AvgIpc) is 3.63. The number of aryl methyl sites for hydroxylation is 1. The zero-order chi connectivity index (χ0) is 33.1. The van der Waals surface area contributed by atoms with Crippen LogP contribution in [0.2, 0.25) is 10.0 Å². The van der Waals surface area contributed by atoms with Crippen LogP contribution in [-0.4, -0.2) is 88.5 Å². The van der Waals surface area contributed by atoms with E-state index in [1.165, 1.54) is 0 Å². The number of ether oxygens (including phenoxy) is 2. The van der Waals surface area contributed by atoms with Crippen LogP contribution in [0.4, 0.5) is 5.69 Å². The molecule has 2 N–H and O–H groups in total. The van der Waals surface area contributed by atoms with Crippen LogP contribution >= 0.6 is 23.2 Å². The number of ketones is 1. The van der Waals surface area contributed by atoms with Gasteiger partial charge in [-0.15, -0.1) is 0 Å². The van der Waals surface area contributed by atoms with E-state index in [0.29, 0.717) is 86.9 Å². The van der Waals surface area contributed by atoms with Gasteiger partial charge in [0.1, 0.15) is 0 Å². The van der Waals surface area contributed by atoms with Gasteiger partial charge in [-0.3, -0.25) is 24.2 Å². The van der Waals surface area contributed by atoms with Crippen molar-refractivity contribution in [2.24, 2.45) is 13.0 Å². The Hall–Kier alpha value is -2.99. The highest BCUT2D eigenvalue weighted by Gasteiger charge is 2.52. The average molecular weight is 686 g/mol. The molecule has 47 heavy (non-hydrogen) atoms. The van der Waals surface area contributed by atoms with Crippen LogP contribution in [0.25, 0.3) is 10.9 Å². The molecule has 1 atom stereocenters. The van der Waals surface area contributed by atoms with Crippen molar-refractivity contribution in [2.45, 2.75) is 63.3 Å². The third-order valence-electron chi connectivity index (χ3n) is 9.78. The number of amides is 1. The summed E-state index contributed by atoms with van der Waals surface area (Å²) in [5, 5.41) is 13.9. The van der Waals surface area contributed by atoms with Gasteiger partial charge in [0.15, 0.2) is 5.78 Å². The number of Topliss-reactive ketones (excluding diaryl/α,β-unsaturated/α-hetero) is 1. The minimum atomic E-state index is -1.35. The Morgan fingerprint density at radius 1 is 0.957 bits per heavy atom. The number of carbonyl (C=O) groups excluding carboxylic acids is 2. The summed E-state index contributed by atoms with van der Waals surface area (Å²) in [5.41, 5.74) is 2.34. The molecule has 2 saturated heterocycles. The lowest BCUT2D eigenvalue weighted by Gasteiger charge is -2.49. The van der Waals surface area contributed by atoms with Crippen molar-refractivity contribution >= 4 is 57.5 Å². The molecule has 1 saturated carbocycles. The molecular formula is C35H42Cl2N4O6. The maximum absolute atomic E-state index is 14.8. The molecule has 12 heteroatoms. The van der Waals surface area contributed by atoms with Crippen LogP contribution in [0.15, 0.2) is 42.6 Å². The summed E-state index contributed by atoms with van der Waals surface area (Å²) in [6.07, 6.45) is 6.32. The molecule has 3 aliphatic rings. The largest absolute Gasteiger partial charge is 0.481 e. The molecule has 10 nitrogen and oxygen atoms in total. The number of aliphatic carboxylic acids is 1. The molecule has 3 aromatic rings. The summed E-state index contributed by atoms with van der Waals surface area (Å²) < 4.78 is 14.7. The number of halogens is 2. The van der Waals surface area contributed by atoms with Gasteiger partial charge in [0.05, 0.1) is 34.9 Å². The Balaban J connectivity index is 1.27. The van der Waals surface area contributed by atoms with Gasteiger partial charge in [0, 0.05) is 68.4 Å². The number of carboxylic acid groups (broad SMARTS) is 1. The first-order chi connectivity index (χ1) is 22.7. The number of para-hydroxylation sites is 1. The van der Waals surface area contributed by atoms with Gasteiger partial charge < -0.3 is 24.5 Å². The number of hydrogen-bond acceptors (Lipinski definition) is 7. The summed E-state index contributed by atoms with van der Waals surface area (Å²) >= 11 is 13.6. The first-order valence-corrected chi connectivity index (χ1v) is 17.3. The molecule has 1 amide bonds. The minimum Gasteiger partial charge on any atom is -0.481 e. The number of likely N-dealkylation sites (tertiary alicyclic amines) is 1. The number of rotatable bonds is 10. The molecular weight excluding hydrogens is 643 g/mol. The fraction of sp³-hybridized carbons (Fsp3) is 0.514. The van der Waals surface area contributed by atoms with Crippen LogP contribution in [0, 0.1) is 5.92 Å². The summed E-state index contributed by atoms with van der Waals surface area (Å²) in [7, 11) is 1.89. The quantitative estimate of drug-likeness (QED) is 0.268. The van der Waals surface area contributed by atoms with Crippen LogP contribution in [0.1, 0.15) is 60.9 Å². The first-order valence-electron chi connectivity index (χ1n) is 16.5. The number of benzene rings is 2. The van der Waals surface area contributed by atoms with Gasteiger partial charge in [0.25, 0.3) is 5.91 Å². The SMILES string of the molecule is Cn1cc(C(=O)Nc2cc(Cl)c(CC(=O)C(O[C@H]3CC[C@H](C(=O)O)CC3)(N3CCCC3)N3CCCOCC3)cc2Cl)c2ccccc21. The summed E-state index contributed by atoms with van der Waals surface area (Å²) in [6.45, 7) is 3.66. The number of carboxylic acids is 1. The fourth-order valence-corrected chi connectivity index (χ4v) is 7.78. The molecule has 3 heterocycles. The predicted molar refractivity (Wildman–Crippen MR) is 181 cm³/mol. The fourth-order valence-electron chi connectivity index (χ4n) is 7.32. The van der Waals surface area contributed by atoms with Crippen molar-refractivity contribution in [1.82, 2.24) is 14.4 Å². The van der Waals surface area contributed by atoms with E-state index in [0.717, 1.165) is 30.2 Å². The number of fused-ring (bicyclic) bond motifs is 1. The van der Waals surface area contributed by atoms with Crippen molar-refractivity contribution in [3.63, 3.8) is 0 Å². The topological polar surface area (TPSA) is 113 Å². The van der Waals surface area contributed by atoms with Gasteiger partial charge in [0.2, 0.25) is 5.85 Å². The Morgan fingerprint density at radius 3 is 2.40 bits per heavy atom. The predicted octanol–water partition coefficient (Wildman–Crippen LogP) is 5.98. The van der Waals surface area contributed by atoms with Crippen LogP contribution in [-0.2, 0) is 32.5 Å². The molecule has 2 aromatic carbocycles. The molecule has 2 aliphatic heterocycles. The highest BCUT2D eigenvalue weighted by atomic mass is 35.5. The maximum Gasteiger partial charge on any atom is 0.306 e. The van der Waals surface area contributed by atoms with Gasteiger partial charge >= 0.3 is 5.97 Å². The third kappa shape index (κ3) is 7.09. The third-order valence-corrected chi connectivity index (χ3v) is 10.4. The minimum absolute atomic E-state index is 0.0333. The highest BCUT2D eigenvalue weighted by Crippen LogP contribution is 2.38. The molecule has 252 valence electrons. The molecule has 0 radical (unpaired) electrons. The Labute approximate surface area is 284 Å². The summed E-state index contributed by atoms with van der Waals surface area (Å²) in [6, 6.07) is 10.9. The van der Waals surface area contributed by atoms with E-state index in [1.807, 2.05) is 35.9 Å². The van der Waals surface area contributed by atoms with E-state index in [-0.39, 0.29) is 35.2 Å². The second-order valence-electron chi connectivity index (χ2n) is 12.8. The number of aromatic nitrogens is 1. The smallest absolute Gasteiger partial charge is 0.306 e. The molecule has 1 aromatic heterocycles. The van der Waals surface area contributed by atoms with Crippen molar-refractivity contribution in [2.75, 3.05) is 44.7 Å². The van der Waals surface area contributed by atoms with Crippen LogP contribution < -0.4 is 5.32 Å². The zero-order valence-corrected chi connectivity index (χ0v) is 28.2. The Morgan fingerprint density at radius 2 is 1.66 bits per heavy atom. The summed E-state index contributed by atoms with van der Waals surface area (Å²) in [5.74, 6) is -2.97. The normalized spacial score (nSPS) is 22.5. The molecule has 6 rings (SSSR count). The van der Waals surface area contributed by atoms with Crippen LogP contribution in [0.3, 0.4) is 0 Å². The second kappa shape index (κ2) is 14.6. The molecule has 3 fully saturated rings. The van der Waals surface area contributed by atoms with Gasteiger partial charge in [-0.1, -0.05) is 41.4 Å². The standard InChI is InChI=1S/C35H42Cl2N4O6/c1-39-22-27(26-7-2-3-8-31(26)39)33(43)38-30-21-28(36)24(19-29(30)37)20-32(42)35(40-13-4-5-14-40,41-15-6-17-46-18-16-41)47-25-11-9-23(10-12-25)34(44)45/h2-3,7-8,19,21-23,25H,4-6,9-18,20H2,1H3,(H,38,43)(H,44,45)/t23-,25-,35?. The van der Waals surface area contributed by atoms with E-state index in [9.17, 15) is 19.5 Å². The Kier molecular flexibility index (Phi) is 10.6. The number of carbonyl (C=O) groups is 3. The van der Waals surface area contributed by atoms with Gasteiger partial charge in [-0.2, -0.15) is 0 Å². The van der Waals surface area contributed by atoms with Gasteiger partial charge in [-0.25, -0.2) is 0 Å². The number of anilines is 1. The van der Waals surface area contributed by atoms with E-state index in [4.69, 9.17) is 32.7 Å². The van der Waals surface area contributed by atoms with E-state index in [1.54, 1.807) is 18.3 Å². The van der Waals surface area contributed by atoms with Crippen molar-refractivity contribution in [3.8, 4) is 0 Å². The van der Waals surface area contributed by atoms with E-state index in [2.05, 4.69) is 15.1 Å². The number of nitrogens with zero attached hydrogens (tertiary/aromatic N) is 3. The van der Waals surface area contributed by atoms with Crippen LogP contribution in [0.5, 0.6) is 0 Å². The van der Waals surface area contributed by atoms with Crippen molar-refractivity contribution in [3.05, 3.63) is 63.8 Å². The lowest BCUT2D eigenvalue weighted by molar-refractivity contribution is -0.256. The maximum atomic E-state index is 14.8. The second-order valence-corrected chi connectivity index (χ2v) is 13.6. The lowest BCUT2D eigenvalue weighted by Crippen LogP contribution is -2.68. The first kappa shape index (κ1) is 33.9. The number of hydrogen-bond donors (Lipinski definition) is 2. The van der Waals surface area contributed by atoms with E-state index >= 15 is 0 Å².